The SMILES string of the molecule is C=CCC1C(=O)NC12CCC2. The average Bonchev–Trinajstić information content (AvgIpc) is 1.91. The predicted octanol–water partition coefficient (Wildman–Crippen LogP) is 1.23. The van der Waals surface area contributed by atoms with E-state index in [2.05, 4.69) is 11.9 Å². The molecule has 2 aliphatic rings. The summed E-state index contributed by atoms with van der Waals surface area (Å²) in [6.07, 6.45) is 6.33. The summed E-state index contributed by atoms with van der Waals surface area (Å²) < 4.78 is 0. The van der Waals surface area contributed by atoms with Crippen molar-refractivity contribution in [3.05, 3.63) is 12.7 Å². The van der Waals surface area contributed by atoms with Crippen LogP contribution in [0.5, 0.6) is 0 Å². The Morgan fingerprint density at radius 2 is 2.45 bits per heavy atom. The third-order valence-electron chi connectivity index (χ3n) is 3.00. The molecule has 1 atom stereocenters. The van der Waals surface area contributed by atoms with E-state index in [4.69, 9.17) is 0 Å². The van der Waals surface area contributed by atoms with Crippen LogP contribution < -0.4 is 5.32 Å². The van der Waals surface area contributed by atoms with Crippen molar-refractivity contribution in [1.82, 2.24) is 5.32 Å². The van der Waals surface area contributed by atoms with Crippen LogP contribution in [0.4, 0.5) is 0 Å². The molecule has 60 valence electrons. The lowest BCUT2D eigenvalue weighted by Crippen LogP contribution is -2.72. The average molecular weight is 151 g/mol. The van der Waals surface area contributed by atoms with E-state index in [-0.39, 0.29) is 17.4 Å². The molecule has 2 heteroatoms. The molecule has 0 aromatic heterocycles. The molecule has 1 N–H and O–H groups in total. The summed E-state index contributed by atoms with van der Waals surface area (Å²) in [4.78, 5) is 11.1. The predicted molar refractivity (Wildman–Crippen MR) is 43.0 cm³/mol. The molecular weight excluding hydrogens is 138 g/mol. The van der Waals surface area contributed by atoms with Gasteiger partial charge in [0.25, 0.3) is 0 Å². The number of carbonyl (C=O) groups is 1. The van der Waals surface area contributed by atoms with Gasteiger partial charge in [-0.15, -0.1) is 6.58 Å². The molecule has 1 saturated heterocycles. The zero-order valence-corrected chi connectivity index (χ0v) is 6.60. The lowest BCUT2D eigenvalue weighted by Gasteiger charge is -2.55. The lowest BCUT2D eigenvalue weighted by atomic mass is 9.61. The highest BCUT2D eigenvalue weighted by Crippen LogP contribution is 2.45. The van der Waals surface area contributed by atoms with Crippen LogP contribution in [0.15, 0.2) is 12.7 Å². The maximum atomic E-state index is 11.1. The molecular formula is C9H13NO. The summed E-state index contributed by atoms with van der Waals surface area (Å²) >= 11 is 0. The van der Waals surface area contributed by atoms with Gasteiger partial charge in [-0.2, -0.15) is 0 Å². The van der Waals surface area contributed by atoms with Gasteiger partial charge in [0, 0.05) is 0 Å². The van der Waals surface area contributed by atoms with E-state index in [0.29, 0.717) is 0 Å². The Hall–Kier alpha value is -0.790. The van der Waals surface area contributed by atoms with Gasteiger partial charge in [-0.05, 0) is 25.7 Å². The van der Waals surface area contributed by atoms with E-state index < -0.39 is 0 Å². The van der Waals surface area contributed by atoms with E-state index in [1.54, 1.807) is 0 Å². The van der Waals surface area contributed by atoms with Crippen LogP contribution in [0.3, 0.4) is 0 Å². The molecule has 1 aliphatic heterocycles. The van der Waals surface area contributed by atoms with Crippen molar-refractivity contribution in [2.45, 2.75) is 31.2 Å². The van der Waals surface area contributed by atoms with Crippen LogP contribution >= 0.6 is 0 Å². The molecule has 2 nitrogen and oxygen atoms in total. The quantitative estimate of drug-likeness (QED) is 0.467. The van der Waals surface area contributed by atoms with E-state index in [0.717, 1.165) is 6.42 Å². The highest BCUT2D eigenvalue weighted by Gasteiger charge is 2.55. The van der Waals surface area contributed by atoms with Gasteiger partial charge in [-0.3, -0.25) is 4.79 Å². The molecule has 0 aromatic rings. The fourth-order valence-electron chi connectivity index (χ4n) is 2.12. The van der Waals surface area contributed by atoms with Crippen LogP contribution in [-0.2, 0) is 4.79 Å². The van der Waals surface area contributed by atoms with Crippen molar-refractivity contribution in [1.29, 1.82) is 0 Å². The molecule has 11 heavy (non-hydrogen) atoms. The van der Waals surface area contributed by atoms with Gasteiger partial charge in [0.1, 0.15) is 0 Å². The molecule has 1 heterocycles. The van der Waals surface area contributed by atoms with Crippen molar-refractivity contribution in [2.75, 3.05) is 0 Å². The van der Waals surface area contributed by atoms with E-state index in [1.807, 2.05) is 6.08 Å². The molecule has 1 amide bonds. The zero-order chi connectivity index (χ0) is 7.90. The van der Waals surface area contributed by atoms with Gasteiger partial charge < -0.3 is 5.32 Å². The minimum atomic E-state index is 0.214. The molecule has 0 radical (unpaired) electrons. The van der Waals surface area contributed by atoms with Gasteiger partial charge in [-0.25, -0.2) is 0 Å². The molecule has 1 saturated carbocycles. The van der Waals surface area contributed by atoms with E-state index in [9.17, 15) is 4.79 Å². The first-order chi connectivity index (χ1) is 5.28. The fraction of sp³-hybridized carbons (Fsp3) is 0.667. The Morgan fingerprint density at radius 3 is 2.82 bits per heavy atom. The number of hydrogen-bond donors (Lipinski definition) is 1. The summed E-state index contributed by atoms with van der Waals surface area (Å²) in [7, 11) is 0. The Morgan fingerprint density at radius 1 is 1.73 bits per heavy atom. The van der Waals surface area contributed by atoms with Gasteiger partial charge >= 0.3 is 0 Å². The Labute approximate surface area is 66.7 Å². The highest BCUT2D eigenvalue weighted by atomic mass is 16.2. The Bertz CT molecular complexity index is 206. The van der Waals surface area contributed by atoms with Gasteiger partial charge in [0.05, 0.1) is 11.5 Å². The number of allylic oxidation sites excluding steroid dienone is 1. The Balaban J connectivity index is 2.04. The number of carbonyl (C=O) groups excluding carboxylic acids is 1. The maximum Gasteiger partial charge on any atom is 0.226 e. The number of nitrogens with one attached hydrogen (secondary N) is 1. The smallest absolute Gasteiger partial charge is 0.226 e. The van der Waals surface area contributed by atoms with Crippen molar-refractivity contribution in [2.24, 2.45) is 5.92 Å². The van der Waals surface area contributed by atoms with Crippen molar-refractivity contribution in [3.8, 4) is 0 Å². The second-order valence-electron chi connectivity index (χ2n) is 3.58. The van der Waals surface area contributed by atoms with E-state index in [1.165, 1.54) is 19.3 Å². The molecule has 1 aliphatic carbocycles. The fourth-order valence-corrected chi connectivity index (χ4v) is 2.12. The largest absolute Gasteiger partial charge is 0.350 e. The third kappa shape index (κ3) is 0.753. The molecule has 1 unspecified atom stereocenters. The first kappa shape index (κ1) is 6.89. The minimum Gasteiger partial charge on any atom is -0.350 e. The standard InChI is InChI=1S/C9H13NO/c1-2-4-7-8(11)10-9(7)5-3-6-9/h2,7H,1,3-6H2,(H,10,11). The van der Waals surface area contributed by atoms with Gasteiger partial charge in [-0.1, -0.05) is 6.08 Å². The molecule has 2 rings (SSSR count). The second kappa shape index (κ2) is 2.10. The second-order valence-corrected chi connectivity index (χ2v) is 3.58. The number of amides is 1. The number of β-lactam (4-membered cyclic amide) rings is 1. The minimum absolute atomic E-state index is 0.214. The summed E-state index contributed by atoms with van der Waals surface area (Å²) in [5.74, 6) is 0.471. The molecule has 2 fully saturated rings. The summed E-state index contributed by atoms with van der Waals surface area (Å²) in [5, 5.41) is 3.00. The number of rotatable bonds is 2. The molecule has 0 bridgehead atoms. The lowest BCUT2D eigenvalue weighted by molar-refractivity contribution is -0.147. The third-order valence-corrected chi connectivity index (χ3v) is 3.00. The number of hydrogen-bond acceptors (Lipinski definition) is 1. The highest BCUT2D eigenvalue weighted by molar-refractivity contribution is 5.88. The summed E-state index contributed by atoms with van der Waals surface area (Å²) in [5.41, 5.74) is 0.214. The van der Waals surface area contributed by atoms with Crippen LogP contribution in [-0.4, -0.2) is 11.4 Å². The zero-order valence-electron chi connectivity index (χ0n) is 6.60. The summed E-state index contributed by atoms with van der Waals surface area (Å²) in [6, 6.07) is 0. The maximum absolute atomic E-state index is 11.1. The van der Waals surface area contributed by atoms with E-state index >= 15 is 0 Å². The first-order valence-corrected chi connectivity index (χ1v) is 4.21. The monoisotopic (exact) mass is 151 g/mol. The van der Waals surface area contributed by atoms with Crippen molar-refractivity contribution in [3.63, 3.8) is 0 Å². The van der Waals surface area contributed by atoms with Crippen LogP contribution in [0.25, 0.3) is 0 Å². The van der Waals surface area contributed by atoms with Gasteiger partial charge in [0.2, 0.25) is 5.91 Å². The van der Waals surface area contributed by atoms with Crippen molar-refractivity contribution < 1.29 is 4.79 Å². The van der Waals surface area contributed by atoms with Crippen LogP contribution in [0.2, 0.25) is 0 Å². The molecule has 1 spiro atoms. The molecule has 0 aromatic carbocycles. The normalized spacial score (nSPS) is 32.0. The van der Waals surface area contributed by atoms with Crippen LogP contribution in [0, 0.1) is 5.92 Å². The summed E-state index contributed by atoms with van der Waals surface area (Å²) in [6.45, 7) is 3.66. The first-order valence-electron chi connectivity index (χ1n) is 4.21. The van der Waals surface area contributed by atoms with Crippen LogP contribution in [0.1, 0.15) is 25.7 Å². The topological polar surface area (TPSA) is 29.1 Å². The van der Waals surface area contributed by atoms with Crippen molar-refractivity contribution >= 4 is 5.91 Å². The van der Waals surface area contributed by atoms with Gasteiger partial charge in [0.15, 0.2) is 0 Å². The Kier molecular flexibility index (Phi) is 1.31.